The van der Waals surface area contributed by atoms with E-state index in [1.807, 2.05) is 11.9 Å². The molecule has 1 aromatic rings. The first-order chi connectivity index (χ1) is 9.58. The van der Waals surface area contributed by atoms with Gasteiger partial charge in [0.2, 0.25) is 0 Å². The number of nitrogens with one attached hydrogen (secondary N) is 1. The fourth-order valence-corrected chi connectivity index (χ4v) is 2.79. The average molecular weight is 277 g/mol. The SMILES string of the molecule is CC(C)[C@@H](NC(=O)N(C)C1CC1)c1nnc2n1CCC2. The molecule has 1 saturated carbocycles. The number of urea groups is 1. The summed E-state index contributed by atoms with van der Waals surface area (Å²) in [4.78, 5) is 14.1. The van der Waals surface area contributed by atoms with Crippen molar-refractivity contribution in [2.45, 2.75) is 58.2 Å². The minimum atomic E-state index is -0.0666. The van der Waals surface area contributed by atoms with Gasteiger partial charge >= 0.3 is 6.03 Å². The Kier molecular flexibility index (Phi) is 3.40. The van der Waals surface area contributed by atoms with Crippen LogP contribution in [0.2, 0.25) is 0 Å². The topological polar surface area (TPSA) is 63.1 Å². The van der Waals surface area contributed by atoms with Crippen molar-refractivity contribution in [2.75, 3.05) is 7.05 Å². The fraction of sp³-hybridized carbons (Fsp3) is 0.786. The van der Waals surface area contributed by atoms with Crippen molar-refractivity contribution in [3.8, 4) is 0 Å². The third-order valence-corrected chi connectivity index (χ3v) is 4.28. The second kappa shape index (κ2) is 5.07. The van der Waals surface area contributed by atoms with Crippen LogP contribution in [0, 0.1) is 5.92 Å². The molecule has 3 rings (SSSR count). The van der Waals surface area contributed by atoms with Gasteiger partial charge in [-0.2, -0.15) is 0 Å². The highest BCUT2D eigenvalue weighted by molar-refractivity contribution is 5.75. The van der Waals surface area contributed by atoms with Crippen LogP contribution in [0.4, 0.5) is 4.79 Å². The van der Waals surface area contributed by atoms with Gasteiger partial charge in [-0.3, -0.25) is 0 Å². The Balaban J connectivity index is 1.76. The van der Waals surface area contributed by atoms with Gasteiger partial charge in [0.15, 0.2) is 5.82 Å². The number of carbonyl (C=O) groups excluding carboxylic acids is 1. The molecule has 1 N–H and O–H groups in total. The zero-order chi connectivity index (χ0) is 14.3. The van der Waals surface area contributed by atoms with Crippen LogP contribution >= 0.6 is 0 Å². The third kappa shape index (κ3) is 2.39. The van der Waals surface area contributed by atoms with Crippen molar-refractivity contribution >= 4 is 6.03 Å². The van der Waals surface area contributed by atoms with E-state index in [1.165, 1.54) is 0 Å². The molecule has 2 heterocycles. The molecule has 6 heteroatoms. The quantitative estimate of drug-likeness (QED) is 0.911. The fourth-order valence-electron chi connectivity index (χ4n) is 2.79. The van der Waals surface area contributed by atoms with Crippen LogP contribution in [0.5, 0.6) is 0 Å². The number of hydrogen-bond donors (Lipinski definition) is 1. The van der Waals surface area contributed by atoms with E-state index in [0.29, 0.717) is 12.0 Å². The summed E-state index contributed by atoms with van der Waals surface area (Å²) < 4.78 is 2.17. The molecular weight excluding hydrogens is 254 g/mol. The molecule has 0 radical (unpaired) electrons. The summed E-state index contributed by atoms with van der Waals surface area (Å²) in [5, 5.41) is 11.7. The number of aromatic nitrogens is 3. The van der Waals surface area contributed by atoms with Gasteiger partial charge in [0.1, 0.15) is 5.82 Å². The molecular formula is C14H23N5O. The highest BCUT2D eigenvalue weighted by atomic mass is 16.2. The van der Waals surface area contributed by atoms with Crippen molar-refractivity contribution in [2.24, 2.45) is 5.92 Å². The number of rotatable bonds is 4. The Hall–Kier alpha value is -1.59. The number of amides is 2. The predicted molar refractivity (Wildman–Crippen MR) is 75.2 cm³/mol. The molecule has 2 amide bonds. The van der Waals surface area contributed by atoms with Crippen molar-refractivity contribution in [3.05, 3.63) is 11.6 Å². The summed E-state index contributed by atoms with van der Waals surface area (Å²) in [5.74, 6) is 2.25. The van der Waals surface area contributed by atoms with Crippen molar-refractivity contribution in [3.63, 3.8) is 0 Å². The normalized spacial score (nSPS) is 19.0. The molecule has 1 atom stereocenters. The first-order valence-corrected chi connectivity index (χ1v) is 7.53. The largest absolute Gasteiger partial charge is 0.328 e. The highest BCUT2D eigenvalue weighted by Crippen LogP contribution is 2.28. The summed E-state index contributed by atoms with van der Waals surface area (Å²) in [6.45, 7) is 5.19. The molecule has 1 aromatic heterocycles. The lowest BCUT2D eigenvalue weighted by Crippen LogP contribution is -2.42. The average Bonchev–Trinajstić information content (AvgIpc) is 3.02. The van der Waals surface area contributed by atoms with E-state index >= 15 is 0 Å². The first kappa shape index (κ1) is 13.4. The summed E-state index contributed by atoms with van der Waals surface area (Å²) in [7, 11) is 1.87. The van der Waals surface area contributed by atoms with E-state index in [2.05, 4.69) is 33.9 Å². The molecule has 0 spiro atoms. The summed E-state index contributed by atoms with van der Waals surface area (Å²) >= 11 is 0. The van der Waals surface area contributed by atoms with Gasteiger partial charge in [-0.05, 0) is 25.2 Å². The molecule has 0 saturated heterocycles. The molecule has 110 valence electrons. The van der Waals surface area contributed by atoms with Crippen LogP contribution in [0.15, 0.2) is 0 Å². The zero-order valence-electron chi connectivity index (χ0n) is 12.5. The maximum absolute atomic E-state index is 12.3. The minimum absolute atomic E-state index is 0.00143. The molecule has 0 bridgehead atoms. The molecule has 1 aliphatic heterocycles. The number of nitrogens with zero attached hydrogens (tertiary/aromatic N) is 4. The summed E-state index contributed by atoms with van der Waals surface area (Å²) in [5.41, 5.74) is 0. The van der Waals surface area contributed by atoms with E-state index < -0.39 is 0 Å². The van der Waals surface area contributed by atoms with Crippen LogP contribution in [-0.4, -0.2) is 38.8 Å². The Morgan fingerprint density at radius 3 is 2.80 bits per heavy atom. The van der Waals surface area contributed by atoms with Crippen LogP contribution in [0.1, 0.15) is 50.8 Å². The Morgan fingerprint density at radius 2 is 2.15 bits per heavy atom. The molecule has 6 nitrogen and oxygen atoms in total. The van der Waals surface area contributed by atoms with Gasteiger partial charge in [0.05, 0.1) is 6.04 Å². The van der Waals surface area contributed by atoms with Crippen LogP contribution in [0.25, 0.3) is 0 Å². The molecule has 0 unspecified atom stereocenters. The van der Waals surface area contributed by atoms with E-state index in [-0.39, 0.29) is 12.1 Å². The zero-order valence-corrected chi connectivity index (χ0v) is 12.5. The van der Waals surface area contributed by atoms with E-state index in [0.717, 1.165) is 43.9 Å². The lowest BCUT2D eigenvalue weighted by atomic mass is 10.0. The van der Waals surface area contributed by atoms with Crippen molar-refractivity contribution in [1.29, 1.82) is 0 Å². The predicted octanol–water partition coefficient (Wildman–Crippen LogP) is 1.73. The van der Waals surface area contributed by atoms with Crippen LogP contribution in [-0.2, 0) is 13.0 Å². The van der Waals surface area contributed by atoms with Crippen LogP contribution < -0.4 is 5.32 Å². The Morgan fingerprint density at radius 1 is 1.40 bits per heavy atom. The second-order valence-corrected chi connectivity index (χ2v) is 6.24. The maximum Gasteiger partial charge on any atom is 0.317 e. The third-order valence-electron chi connectivity index (χ3n) is 4.28. The Labute approximate surface area is 119 Å². The van der Waals surface area contributed by atoms with Crippen molar-refractivity contribution in [1.82, 2.24) is 25.0 Å². The first-order valence-electron chi connectivity index (χ1n) is 7.53. The van der Waals surface area contributed by atoms with Crippen molar-refractivity contribution < 1.29 is 4.79 Å². The molecule has 20 heavy (non-hydrogen) atoms. The van der Waals surface area contributed by atoms with E-state index in [9.17, 15) is 4.79 Å². The smallest absolute Gasteiger partial charge is 0.317 e. The van der Waals surface area contributed by atoms with Gasteiger partial charge < -0.3 is 14.8 Å². The number of aryl methyl sites for hydroxylation is 1. The van der Waals surface area contributed by atoms with Gasteiger partial charge in [0.25, 0.3) is 0 Å². The summed E-state index contributed by atoms with van der Waals surface area (Å²) in [6, 6.07) is 0.358. The lowest BCUT2D eigenvalue weighted by molar-refractivity contribution is 0.197. The highest BCUT2D eigenvalue weighted by Gasteiger charge is 2.33. The van der Waals surface area contributed by atoms with Gasteiger partial charge in [-0.1, -0.05) is 13.8 Å². The number of hydrogen-bond acceptors (Lipinski definition) is 3. The lowest BCUT2D eigenvalue weighted by Gasteiger charge is -2.25. The van der Waals surface area contributed by atoms with E-state index in [1.54, 1.807) is 0 Å². The van der Waals surface area contributed by atoms with E-state index in [4.69, 9.17) is 0 Å². The summed E-state index contributed by atoms with van der Waals surface area (Å²) in [6.07, 6.45) is 4.36. The Bertz CT molecular complexity index is 506. The molecule has 2 aliphatic rings. The second-order valence-electron chi connectivity index (χ2n) is 6.24. The number of carbonyl (C=O) groups is 1. The molecule has 0 aromatic carbocycles. The standard InChI is InChI=1S/C14H23N5O/c1-9(2)12(15-14(20)18(3)10-6-7-10)13-17-16-11-5-4-8-19(11)13/h9-10,12H,4-8H2,1-3H3,(H,15,20)/t12-/m1/s1. The van der Waals surface area contributed by atoms with Gasteiger partial charge in [-0.25, -0.2) is 4.79 Å². The minimum Gasteiger partial charge on any atom is -0.328 e. The van der Waals surface area contributed by atoms with Gasteiger partial charge in [0, 0.05) is 26.1 Å². The molecule has 1 fully saturated rings. The van der Waals surface area contributed by atoms with Crippen LogP contribution in [0.3, 0.4) is 0 Å². The maximum atomic E-state index is 12.3. The monoisotopic (exact) mass is 277 g/mol. The number of fused-ring (bicyclic) bond motifs is 1. The van der Waals surface area contributed by atoms with Gasteiger partial charge in [-0.15, -0.1) is 10.2 Å². The molecule has 1 aliphatic carbocycles.